The molecule has 1 aromatic heterocycles. The van der Waals surface area contributed by atoms with Crippen LogP contribution in [0, 0.1) is 5.92 Å². The zero-order chi connectivity index (χ0) is 20.7. The number of nitrogens with zero attached hydrogens (tertiary/aromatic N) is 2. The van der Waals surface area contributed by atoms with Gasteiger partial charge in [0.25, 0.3) is 0 Å². The van der Waals surface area contributed by atoms with Crippen molar-refractivity contribution < 1.29 is 9.59 Å². The number of fused-ring (bicyclic) bond motifs is 2. The summed E-state index contributed by atoms with van der Waals surface area (Å²) in [6, 6.07) is 7.96. The fourth-order valence-corrected chi connectivity index (χ4v) is 6.74. The highest BCUT2D eigenvalue weighted by atomic mass is 32.1. The maximum atomic E-state index is 13.2. The molecule has 3 aliphatic rings. The van der Waals surface area contributed by atoms with Crippen LogP contribution in [0.1, 0.15) is 49.5 Å². The summed E-state index contributed by atoms with van der Waals surface area (Å²) >= 11 is 1.88. The number of rotatable bonds is 4. The average molecular weight is 426 g/mol. The Labute approximate surface area is 182 Å². The first kappa shape index (κ1) is 20.0. The molecule has 160 valence electrons. The number of carbonyl (C=O) groups excluding carboxylic acids is 2. The second-order valence-corrected chi connectivity index (χ2v) is 10.2. The van der Waals surface area contributed by atoms with Gasteiger partial charge in [0, 0.05) is 35.8 Å². The monoisotopic (exact) mass is 425 g/mol. The highest BCUT2D eigenvalue weighted by Crippen LogP contribution is 2.34. The molecular formula is C24H31N3O2S. The normalized spacial score (nSPS) is 26.1. The minimum atomic E-state index is -0.346. The lowest BCUT2D eigenvalue weighted by atomic mass is 9.82. The summed E-state index contributed by atoms with van der Waals surface area (Å²) in [4.78, 5) is 31.8. The Kier molecular flexibility index (Phi) is 5.54. The fourth-order valence-electron chi connectivity index (χ4n) is 5.58. The van der Waals surface area contributed by atoms with Crippen LogP contribution in [0.3, 0.4) is 0 Å². The largest absolute Gasteiger partial charge is 0.342 e. The third kappa shape index (κ3) is 3.54. The molecule has 0 spiro atoms. The lowest BCUT2D eigenvalue weighted by Crippen LogP contribution is -2.70. The van der Waals surface area contributed by atoms with E-state index in [4.69, 9.17) is 0 Å². The second kappa shape index (κ2) is 8.31. The zero-order valence-electron chi connectivity index (χ0n) is 17.7. The lowest BCUT2D eigenvalue weighted by Gasteiger charge is -2.47. The smallest absolute Gasteiger partial charge is 0.246 e. The summed E-state index contributed by atoms with van der Waals surface area (Å²) in [5, 5.41) is 4.45. The Hall–Kier alpha value is -1.92. The highest BCUT2D eigenvalue weighted by molar-refractivity contribution is 7.19. The van der Waals surface area contributed by atoms with Crippen molar-refractivity contribution in [3.63, 3.8) is 0 Å². The van der Waals surface area contributed by atoms with Gasteiger partial charge >= 0.3 is 0 Å². The second-order valence-electron chi connectivity index (χ2n) is 9.02. The van der Waals surface area contributed by atoms with E-state index in [1.807, 2.05) is 16.2 Å². The van der Waals surface area contributed by atoms with Gasteiger partial charge in [0.2, 0.25) is 11.8 Å². The first-order valence-corrected chi connectivity index (χ1v) is 12.3. The third-order valence-corrected chi connectivity index (χ3v) is 8.58. The Balaban J connectivity index is 1.31. The molecular weight excluding hydrogens is 394 g/mol. The van der Waals surface area contributed by atoms with Crippen LogP contribution >= 0.6 is 11.3 Å². The van der Waals surface area contributed by atoms with E-state index in [-0.39, 0.29) is 23.9 Å². The molecule has 5 rings (SSSR count). The van der Waals surface area contributed by atoms with E-state index in [9.17, 15) is 9.59 Å². The topological polar surface area (TPSA) is 52.6 Å². The molecule has 2 atom stereocenters. The summed E-state index contributed by atoms with van der Waals surface area (Å²) in [5.41, 5.74) is 1.40. The number of benzene rings is 1. The van der Waals surface area contributed by atoms with Gasteiger partial charge in [-0.05, 0) is 42.2 Å². The predicted molar refractivity (Wildman–Crippen MR) is 120 cm³/mol. The molecule has 1 aromatic carbocycles. The van der Waals surface area contributed by atoms with Crippen molar-refractivity contribution in [2.24, 2.45) is 5.92 Å². The van der Waals surface area contributed by atoms with Gasteiger partial charge in [-0.15, -0.1) is 11.3 Å². The molecule has 3 fully saturated rings. The van der Waals surface area contributed by atoms with Crippen LogP contribution in [-0.2, 0) is 22.6 Å². The van der Waals surface area contributed by atoms with Crippen molar-refractivity contribution in [1.29, 1.82) is 0 Å². The maximum Gasteiger partial charge on any atom is 0.246 e. The summed E-state index contributed by atoms with van der Waals surface area (Å²) in [6.45, 7) is 5.18. The maximum absolute atomic E-state index is 13.2. The molecule has 0 radical (unpaired) electrons. The molecule has 2 amide bonds. The zero-order valence-corrected chi connectivity index (χ0v) is 18.5. The molecule has 2 aliphatic heterocycles. The van der Waals surface area contributed by atoms with E-state index >= 15 is 0 Å². The highest BCUT2D eigenvalue weighted by Gasteiger charge is 2.45. The Morgan fingerprint density at radius 1 is 1.10 bits per heavy atom. The predicted octanol–water partition coefficient (Wildman–Crippen LogP) is 3.56. The minimum Gasteiger partial charge on any atom is -0.342 e. The van der Waals surface area contributed by atoms with Crippen molar-refractivity contribution in [3.8, 4) is 0 Å². The Bertz CT molecular complexity index is 949. The van der Waals surface area contributed by atoms with Crippen molar-refractivity contribution in [1.82, 2.24) is 15.1 Å². The molecule has 1 aliphatic carbocycles. The Morgan fingerprint density at radius 2 is 1.90 bits per heavy atom. The van der Waals surface area contributed by atoms with Crippen LogP contribution in [0.5, 0.6) is 0 Å². The molecule has 0 bridgehead atoms. The van der Waals surface area contributed by atoms with Gasteiger partial charge in [0.1, 0.15) is 12.1 Å². The molecule has 2 saturated heterocycles. The first-order valence-electron chi connectivity index (χ1n) is 11.5. The minimum absolute atomic E-state index is 0.0424. The van der Waals surface area contributed by atoms with Crippen LogP contribution in [0.2, 0.25) is 0 Å². The molecule has 2 unspecified atom stereocenters. The number of hydrogen-bond donors (Lipinski definition) is 1. The summed E-state index contributed by atoms with van der Waals surface area (Å²) in [7, 11) is 0. The fraction of sp³-hybridized carbons (Fsp3) is 0.583. The van der Waals surface area contributed by atoms with Crippen molar-refractivity contribution in [2.45, 2.75) is 64.1 Å². The summed E-state index contributed by atoms with van der Waals surface area (Å²) in [5.74, 6) is 0.514. The SMILES string of the molecule is CCc1sc2ccccc2c1CN1CCN2C(=O)C(C3CCCCC3)NC(=O)C2C1. The molecule has 2 aromatic rings. The molecule has 30 heavy (non-hydrogen) atoms. The Morgan fingerprint density at radius 3 is 2.70 bits per heavy atom. The van der Waals surface area contributed by atoms with Crippen molar-refractivity contribution in [3.05, 3.63) is 34.7 Å². The molecule has 1 N–H and O–H groups in total. The number of hydrogen-bond acceptors (Lipinski definition) is 4. The molecule has 3 heterocycles. The van der Waals surface area contributed by atoms with Gasteiger partial charge in [0.05, 0.1) is 0 Å². The number of nitrogens with one attached hydrogen (secondary N) is 1. The van der Waals surface area contributed by atoms with Crippen molar-refractivity contribution >= 4 is 33.2 Å². The van der Waals surface area contributed by atoms with Crippen LogP contribution in [-0.4, -0.2) is 53.3 Å². The van der Waals surface area contributed by atoms with Gasteiger partial charge < -0.3 is 10.2 Å². The average Bonchev–Trinajstić information content (AvgIpc) is 3.14. The lowest BCUT2D eigenvalue weighted by molar-refractivity contribution is -0.155. The van der Waals surface area contributed by atoms with E-state index in [2.05, 4.69) is 41.4 Å². The van der Waals surface area contributed by atoms with Gasteiger partial charge in [-0.25, -0.2) is 0 Å². The van der Waals surface area contributed by atoms with Crippen LogP contribution < -0.4 is 5.32 Å². The van der Waals surface area contributed by atoms with Crippen LogP contribution in [0.4, 0.5) is 0 Å². The van der Waals surface area contributed by atoms with Crippen molar-refractivity contribution in [2.75, 3.05) is 19.6 Å². The standard InChI is InChI=1S/C24H31N3O2S/c1-2-20-18(17-10-6-7-11-21(17)30-20)14-26-12-13-27-19(15-26)23(28)25-22(24(27)29)16-8-4-3-5-9-16/h6-7,10-11,16,19,22H,2-5,8-9,12-15H2,1H3,(H,25,28). The van der Waals surface area contributed by atoms with Gasteiger partial charge in [-0.2, -0.15) is 0 Å². The van der Waals surface area contributed by atoms with Gasteiger partial charge in [-0.3, -0.25) is 14.5 Å². The molecule has 1 saturated carbocycles. The summed E-state index contributed by atoms with van der Waals surface area (Å²) in [6.07, 6.45) is 6.76. The van der Waals surface area contributed by atoms with E-state index in [0.717, 1.165) is 32.4 Å². The number of amides is 2. The quantitative estimate of drug-likeness (QED) is 0.815. The number of aryl methyl sites for hydroxylation is 1. The number of thiophene rings is 1. The molecule has 5 nitrogen and oxygen atoms in total. The number of piperazine rings is 2. The van der Waals surface area contributed by atoms with Gasteiger partial charge in [-0.1, -0.05) is 44.4 Å². The van der Waals surface area contributed by atoms with Crippen LogP contribution in [0.25, 0.3) is 10.1 Å². The molecule has 6 heteroatoms. The van der Waals surface area contributed by atoms with Crippen LogP contribution in [0.15, 0.2) is 24.3 Å². The van der Waals surface area contributed by atoms with Gasteiger partial charge in [0.15, 0.2) is 0 Å². The van der Waals surface area contributed by atoms with E-state index < -0.39 is 0 Å². The summed E-state index contributed by atoms with van der Waals surface area (Å²) < 4.78 is 1.34. The van der Waals surface area contributed by atoms with E-state index in [1.165, 1.54) is 39.8 Å². The number of carbonyl (C=O) groups is 2. The first-order chi connectivity index (χ1) is 14.7. The third-order valence-electron chi connectivity index (χ3n) is 7.22. The van der Waals surface area contributed by atoms with E-state index in [1.54, 1.807) is 0 Å². The van der Waals surface area contributed by atoms with E-state index in [0.29, 0.717) is 19.0 Å².